The fraction of sp³-hybridized carbons (Fsp3) is 0.0714. The number of nitrogens with zero attached hydrogens (tertiary/aromatic N) is 1. The molecule has 0 radical (unpaired) electrons. The summed E-state index contributed by atoms with van der Waals surface area (Å²) in [5.41, 5.74) is 8.82. The minimum absolute atomic E-state index is 0.275. The standard InChI is InChI=1S/C14H11FN2O/c1-8-2-4-11(15)10(6-8)14-17-12-7-9(16)3-5-13(12)18-14/h2-7H,16H2,1H3. The van der Waals surface area contributed by atoms with Gasteiger partial charge in [-0.15, -0.1) is 0 Å². The van der Waals surface area contributed by atoms with Crippen molar-refractivity contribution in [3.63, 3.8) is 0 Å². The highest BCUT2D eigenvalue weighted by molar-refractivity contribution is 5.79. The van der Waals surface area contributed by atoms with Crippen molar-refractivity contribution in [2.24, 2.45) is 0 Å². The highest BCUT2D eigenvalue weighted by atomic mass is 19.1. The zero-order valence-electron chi connectivity index (χ0n) is 9.77. The molecule has 3 nitrogen and oxygen atoms in total. The van der Waals surface area contributed by atoms with E-state index in [-0.39, 0.29) is 11.7 Å². The Hall–Kier alpha value is -2.36. The van der Waals surface area contributed by atoms with Gasteiger partial charge in [0.2, 0.25) is 5.89 Å². The zero-order valence-corrected chi connectivity index (χ0v) is 9.77. The van der Waals surface area contributed by atoms with Crippen LogP contribution in [0.15, 0.2) is 40.8 Å². The molecule has 18 heavy (non-hydrogen) atoms. The van der Waals surface area contributed by atoms with Crippen LogP contribution in [0.5, 0.6) is 0 Å². The van der Waals surface area contributed by atoms with E-state index in [4.69, 9.17) is 10.2 Å². The molecule has 3 aromatic rings. The van der Waals surface area contributed by atoms with Crippen LogP contribution in [-0.2, 0) is 0 Å². The van der Waals surface area contributed by atoms with Crippen molar-refractivity contribution >= 4 is 16.8 Å². The molecule has 0 amide bonds. The minimum atomic E-state index is -0.347. The van der Waals surface area contributed by atoms with Crippen LogP contribution in [0.25, 0.3) is 22.6 Å². The van der Waals surface area contributed by atoms with Gasteiger partial charge in [-0.25, -0.2) is 9.37 Å². The lowest BCUT2D eigenvalue weighted by molar-refractivity contribution is 0.593. The zero-order chi connectivity index (χ0) is 12.7. The van der Waals surface area contributed by atoms with Crippen molar-refractivity contribution < 1.29 is 8.81 Å². The third kappa shape index (κ3) is 1.72. The van der Waals surface area contributed by atoms with Crippen molar-refractivity contribution in [2.75, 3.05) is 5.73 Å². The predicted molar refractivity (Wildman–Crippen MR) is 68.6 cm³/mol. The van der Waals surface area contributed by atoms with E-state index < -0.39 is 0 Å². The third-order valence-corrected chi connectivity index (χ3v) is 2.76. The molecule has 0 saturated carbocycles. The number of nitrogens with two attached hydrogens (primary N) is 1. The maximum atomic E-state index is 13.7. The normalized spacial score (nSPS) is 11.0. The minimum Gasteiger partial charge on any atom is -0.436 e. The molecule has 2 aromatic carbocycles. The summed E-state index contributed by atoms with van der Waals surface area (Å²) in [6, 6.07) is 9.99. The van der Waals surface area contributed by atoms with E-state index >= 15 is 0 Å². The first-order chi connectivity index (χ1) is 8.63. The lowest BCUT2D eigenvalue weighted by atomic mass is 10.1. The smallest absolute Gasteiger partial charge is 0.230 e. The van der Waals surface area contributed by atoms with E-state index in [9.17, 15) is 4.39 Å². The van der Waals surface area contributed by atoms with Gasteiger partial charge in [0.15, 0.2) is 5.58 Å². The number of anilines is 1. The second kappa shape index (κ2) is 3.84. The quantitative estimate of drug-likeness (QED) is 0.664. The van der Waals surface area contributed by atoms with Gasteiger partial charge < -0.3 is 10.2 Å². The summed E-state index contributed by atoms with van der Waals surface area (Å²) in [4.78, 5) is 4.26. The van der Waals surface area contributed by atoms with Gasteiger partial charge in [-0.2, -0.15) is 0 Å². The lowest BCUT2D eigenvalue weighted by Gasteiger charge is -1.99. The van der Waals surface area contributed by atoms with Crippen LogP contribution in [0.4, 0.5) is 10.1 Å². The Balaban J connectivity index is 2.22. The molecule has 0 spiro atoms. The summed E-state index contributed by atoms with van der Waals surface area (Å²) in [5.74, 6) is -0.0723. The number of halogens is 1. The third-order valence-electron chi connectivity index (χ3n) is 2.76. The number of hydrogen-bond donors (Lipinski definition) is 1. The molecular weight excluding hydrogens is 231 g/mol. The van der Waals surface area contributed by atoms with Gasteiger partial charge in [0.1, 0.15) is 11.3 Å². The van der Waals surface area contributed by atoms with Crippen LogP contribution < -0.4 is 5.73 Å². The average Bonchev–Trinajstić information content (AvgIpc) is 2.74. The van der Waals surface area contributed by atoms with Gasteiger partial charge >= 0.3 is 0 Å². The molecule has 0 fully saturated rings. The summed E-state index contributed by atoms with van der Waals surface area (Å²) in [6.45, 7) is 1.89. The van der Waals surface area contributed by atoms with Gasteiger partial charge in [0, 0.05) is 5.69 Å². The average molecular weight is 242 g/mol. The Morgan fingerprint density at radius 3 is 2.83 bits per heavy atom. The Morgan fingerprint density at radius 1 is 1.17 bits per heavy atom. The van der Waals surface area contributed by atoms with Crippen LogP contribution in [0.2, 0.25) is 0 Å². The van der Waals surface area contributed by atoms with Crippen LogP contribution in [0, 0.1) is 12.7 Å². The van der Waals surface area contributed by atoms with E-state index in [0.717, 1.165) is 5.56 Å². The van der Waals surface area contributed by atoms with Crippen molar-refractivity contribution in [3.8, 4) is 11.5 Å². The summed E-state index contributed by atoms with van der Waals surface area (Å²) in [7, 11) is 0. The first-order valence-corrected chi connectivity index (χ1v) is 5.56. The number of rotatable bonds is 1. The van der Waals surface area contributed by atoms with E-state index in [1.165, 1.54) is 6.07 Å². The number of aryl methyl sites for hydroxylation is 1. The van der Waals surface area contributed by atoms with Crippen LogP contribution in [-0.4, -0.2) is 4.98 Å². The first kappa shape index (κ1) is 10.8. The molecule has 1 aromatic heterocycles. The molecule has 0 aliphatic carbocycles. The molecule has 0 atom stereocenters. The van der Waals surface area contributed by atoms with Crippen LogP contribution >= 0.6 is 0 Å². The van der Waals surface area contributed by atoms with Crippen LogP contribution in [0.1, 0.15) is 5.56 Å². The Kier molecular flexibility index (Phi) is 2.30. The number of aromatic nitrogens is 1. The van der Waals surface area contributed by atoms with Crippen molar-refractivity contribution in [1.29, 1.82) is 0 Å². The molecule has 0 aliphatic heterocycles. The van der Waals surface area contributed by atoms with Gasteiger partial charge in [-0.3, -0.25) is 0 Å². The monoisotopic (exact) mass is 242 g/mol. The fourth-order valence-corrected chi connectivity index (χ4v) is 1.86. The van der Waals surface area contributed by atoms with Crippen molar-refractivity contribution in [3.05, 3.63) is 47.8 Å². The second-order valence-electron chi connectivity index (χ2n) is 4.23. The Morgan fingerprint density at radius 2 is 2.00 bits per heavy atom. The molecule has 1 heterocycles. The molecule has 3 rings (SSSR count). The van der Waals surface area contributed by atoms with Crippen LogP contribution in [0.3, 0.4) is 0 Å². The van der Waals surface area contributed by atoms with Gasteiger partial charge in [0.05, 0.1) is 5.56 Å². The molecule has 90 valence electrons. The largest absolute Gasteiger partial charge is 0.436 e. The molecule has 0 saturated heterocycles. The van der Waals surface area contributed by atoms with Gasteiger partial charge in [-0.1, -0.05) is 11.6 Å². The molecule has 4 heteroatoms. The molecule has 0 aliphatic rings. The lowest BCUT2D eigenvalue weighted by Crippen LogP contribution is -1.85. The first-order valence-electron chi connectivity index (χ1n) is 5.56. The summed E-state index contributed by atoms with van der Waals surface area (Å²) in [5, 5.41) is 0. The summed E-state index contributed by atoms with van der Waals surface area (Å²) >= 11 is 0. The predicted octanol–water partition coefficient (Wildman–Crippen LogP) is 3.52. The Bertz CT molecular complexity index is 734. The van der Waals surface area contributed by atoms with E-state index in [2.05, 4.69) is 4.98 Å². The van der Waals surface area contributed by atoms with Crippen molar-refractivity contribution in [1.82, 2.24) is 4.98 Å². The van der Waals surface area contributed by atoms with Gasteiger partial charge in [-0.05, 0) is 37.3 Å². The summed E-state index contributed by atoms with van der Waals surface area (Å²) in [6.07, 6.45) is 0. The van der Waals surface area contributed by atoms with E-state index in [0.29, 0.717) is 22.4 Å². The van der Waals surface area contributed by atoms with E-state index in [1.54, 1.807) is 30.3 Å². The number of nitrogen functional groups attached to an aromatic ring is 1. The number of oxazole rings is 1. The highest BCUT2D eigenvalue weighted by Gasteiger charge is 2.12. The maximum absolute atomic E-state index is 13.7. The molecule has 2 N–H and O–H groups in total. The molecule has 0 bridgehead atoms. The molecular formula is C14H11FN2O. The topological polar surface area (TPSA) is 52.0 Å². The fourth-order valence-electron chi connectivity index (χ4n) is 1.86. The Labute approximate surface area is 103 Å². The molecule has 0 unspecified atom stereocenters. The van der Waals surface area contributed by atoms with Gasteiger partial charge in [0.25, 0.3) is 0 Å². The SMILES string of the molecule is Cc1ccc(F)c(-c2nc3cc(N)ccc3o2)c1. The maximum Gasteiger partial charge on any atom is 0.230 e. The second-order valence-corrected chi connectivity index (χ2v) is 4.23. The highest BCUT2D eigenvalue weighted by Crippen LogP contribution is 2.27. The van der Waals surface area contributed by atoms with Crippen molar-refractivity contribution in [2.45, 2.75) is 6.92 Å². The van der Waals surface area contributed by atoms with E-state index in [1.807, 2.05) is 6.92 Å². The number of benzene rings is 2. The summed E-state index contributed by atoms with van der Waals surface area (Å²) < 4.78 is 19.3. The number of fused-ring (bicyclic) bond motifs is 1. The number of hydrogen-bond acceptors (Lipinski definition) is 3.